The average molecular weight is 224 g/mol. The largest absolute Gasteiger partial charge is 0.469 e. The van der Waals surface area contributed by atoms with E-state index >= 15 is 0 Å². The van der Waals surface area contributed by atoms with Gasteiger partial charge in [0.2, 0.25) is 0 Å². The molecular weight excluding hydrogens is 204 g/mol. The lowest BCUT2D eigenvalue weighted by Gasteiger charge is -2.19. The fraction of sp³-hybridized carbons (Fsp3) is 0.667. The highest BCUT2D eigenvalue weighted by molar-refractivity contribution is 5.72. The summed E-state index contributed by atoms with van der Waals surface area (Å²) >= 11 is 0. The molecule has 1 heterocycles. The van der Waals surface area contributed by atoms with Crippen LogP contribution in [0.1, 0.15) is 36.8 Å². The summed E-state index contributed by atoms with van der Waals surface area (Å²) in [6.07, 6.45) is 0. The van der Waals surface area contributed by atoms with E-state index in [1.807, 2.05) is 39.3 Å². The van der Waals surface area contributed by atoms with Crippen molar-refractivity contribution in [2.45, 2.75) is 40.7 Å². The van der Waals surface area contributed by atoms with Crippen LogP contribution < -0.4 is 0 Å². The first kappa shape index (κ1) is 12.7. The molecule has 0 aliphatic heterocycles. The predicted molar refractivity (Wildman–Crippen MR) is 62.3 cm³/mol. The van der Waals surface area contributed by atoms with Crippen LogP contribution in [-0.4, -0.2) is 22.9 Å². The molecule has 0 aromatic carbocycles. The second kappa shape index (κ2) is 4.68. The van der Waals surface area contributed by atoms with E-state index in [-0.39, 0.29) is 17.9 Å². The Labute approximate surface area is 96.6 Å². The number of aryl methyl sites for hydroxylation is 1. The fourth-order valence-corrected chi connectivity index (χ4v) is 1.74. The fourth-order valence-electron chi connectivity index (χ4n) is 1.74. The summed E-state index contributed by atoms with van der Waals surface area (Å²) in [6.45, 7) is 9.90. The Kier molecular flexibility index (Phi) is 3.73. The molecule has 0 aliphatic carbocycles. The zero-order chi connectivity index (χ0) is 12.5. The average Bonchev–Trinajstić information content (AvgIpc) is 2.54. The molecule has 4 heteroatoms. The number of ether oxygens (including phenoxy) is 1. The van der Waals surface area contributed by atoms with E-state index < -0.39 is 0 Å². The summed E-state index contributed by atoms with van der Waals surface area (Å²) < 4.78 is 6.66. The normalized spacial score (nSPS) is 14.6. The van der Waals surface area contributed by atoms with Gasteiger partial charge in [-0.15, -0.1) is 0 Å². The molecule has 0 amide bonds. The standard InChI is InChI=1S/C12H20N2O2/c1-7-9(3)13-14(10(7)4)11(5)8(2)12(15)16-6/h8,11H,1-6H3. The third kappa shape index (κ3) is 2.10. The van der Waals surface area contributed by atoms with Gasteiger partial charge in [0.15, 0.2) is 0 Å². The minimum Gasteiger partial charge on any atom is -0.469 e. The van der Waals surface area contributed by atoms with Crippen LogP contribution in [0.3, 0.4) is 0 Å². The predicted octanol–water partition coefficient (Wildman–Crippen LogP) is 2.18. The van der Waals surface area contributed by atoms with E-state index in [2.05, 4.69) is 5.10 Å². The first-order chi connectivity index (χ1) is 7.40. The number of hydrogen-bond donors (Lipinski definition) is 0. The number of carbonyl (C=O) groups is 1. The van der Waals surface area contributed by atoms with Crippen molar-refractivity contribution >= 4 is 5.97 Å². The molecule has 0 saturated carbocycles. The van der Waals surface area contributed by atoms with Gasteiger partial charge in [0.1, 0.15) is 0 Å². The summed E-state index contributed by atoms with van der Waals surface area (Å²) in [6, 6.07) is 0.0138. The molecular formula is C12H20N2O2. The second-order valence-electron chi connectivity index (χ2n) is 4.29. The van der Waals surface area contributed by atoms with Crippen molar-refractivity contribution in [1.29, 1.82) is 0 Å². The summed E-state index contributed by atoms with van der Waals surface area (Å²) in [5.41, 5.74) is 3.31. The molecule has 0 N–H and O–H groups in total. The second-order valence-corrected chi connectivity index (χ2v) is 4.29. The molecule has 1 rings (SSSR count). The number of esters is 1. The van der Waals surface area contributed by atoms with Crippen molar-refractivity contribution in [3.63, 3.8) is 0 Å². The lowest BCUT2D eigenvalue weighted by molar-refractivity contribution is -0.146. The number of methoxy groups -OCH3 is 1. The van der Waals surface area contributed by atoms with Crippen molar-refractivity contribution < 1.29 is 9.53 Å². The monoisotopic (exact) mass is 224 g/mol. The number of nitrogens with zero attached hydrogens (tertiary/aromatic N) is 2. The minimum absolute atomic E-state index is 0.0138. The van der Waals surface area contributed by atoms with Crippen LogP contribution >= 0.6 is 0 Å². The smallest absolute Gasteiger partial charge is 0.310 e. The van der Waals surface area contributed by atoms with Crippen molar-refractivity contribution in [2.75, 3.05) is 7.11 Å². The topological polar surface area (TPSA) is 44.1 Å². The minimum atomic E-state index is -0.197. The van der Waals surface area contributed by atoms with Crippen molar-refractivity contribution in [1.82, 2.24) is 9.78 Å². The molecule has 0 saturated heterocycles. The highest BCUT2D eigenvalue weighted by atomic mass is 16.5. The molecule has 2 atom stereocenters. The van der Waals surface area contributed by atoms with Crippen LogP contribution in [-0.2, 0) is 9.53 Å². The third-order valence-corrected chi connectivity index (χ3v) is 3.37. The van der Waals surface area contributed by atoms with Gasteiger partial charge < -0.3 is 4.74 Å². The van der Waals surface area contributed by atoms with Crippen LogP contribution in [0.2, 0.25) is 0 Å². The zero-order valence-electron chi connectivity index (χ0n) is 10.9. The van der Waals surface area contributed by atoms with Crippen LogP contribution in [0.15, 0.2) is 0 Å². The van der Waals surface area contributed by atoms with Gasteiger partial charge in [0.05, 0.1) is 24.8 Å². The van der Waals surface area contributed by atoms with Crippen LogP contribution in [0.5, 0.6) is 0 Å². The lowest BCUT2D eigenvalue weighted by atomic mass is 10.0. The van der Waals surface area contributed by atoms with Gasteiger partial charge in [-0.1, -0.05) is 0 Å². The van der Waals surface area contributed by atoms with Crippen molar-refractivity contribution in [3.05, 3.63) is 17.0 Å². The van der Waals surface area contributed by atoms with Gasteiger partial charge in [0.25, 0.3) is 0 Å². The Bertz CT molecular complexity index is 396. The molecule has 0 bridgehead atoms. The van der Waals surface area contributed by atoms with Crippen molar-refractivity contribution in [2.24, 2.45) is 5.92 Å². The molecule has 0 spiro atoms. The highest BCUT2D eigenvalue weighted by Crippen LogP contribution is 2.22. The highest BCUT2D eigenvalue weighted by Gasteiger charge is 2.24. The Morgan fingerprint density at radius 3 is 2.25 bits per heavy atom. The zero-order valence-corrected chi connectivity index (χ0v) is 10.9. The SMILES string of the molecule is COC(=O)C(C)C(C)n1nc(C)c(C)c1C. The number of aromatic nitrogens is 2. The van der Waals surface area contributed by atoms with E-state index in [0.29, 0.717) is 0 Å². The van der Waals surface area contributed by atoms with Crippen LogP contribution in [0, 0.1) is 26.7 Å². The van der Waals surface area contributed by atoms with Crippen molar-refractivity contribution in [3.8, 4) is 0 Å². The lowest BCUT2D eigenvalue weighted by Crippen LogP contribution is -2.24. The molecule has 0 aliphatic rings. The van der Waals surface area contributed by atoms with E-state index in [1.165, 1.54) is 12.7 Å². The molecule has 4 nitrogen and oxygen atoms in total. The molecule has 0 radical (unpaired) electrons. The van der Waals surface area contributed by atoms with E-state index in [0.717, 1.165) is 11.4 Å². The van der Waals surface area contributed by atoms with E-state index in [1.54, 1.807) is 0 Å². The summed E-state index contributed by atoms with van der Waals surface area (Å²) in [4.78, 5) is 11.5. The third-order valence-electron chi connectivity index (χ3n) is 3.37. The van der Waals surface area contributed by atoms with Gasteiger partial charge in [-0.3, -0.25) is 9.48 Å². The van der Waals surface area contributed by atoms with Gasteiger partial charge in [0, 0.05) is 5.69 Å². The Balaban J connectivity index is 3.00. The van der Waals surface area contributed by atoms with E-state index in [9.17, 15) is 4.79 Å². The Morgan fingerprint density at radius 1 is 1.31 bits per heavy atom. The van der Waals surface area contributed by atoms with Gasteiger partial charge in [-0.25, -0.2) is 0 Å². The Hall–Kier alpha value is -1.32. The quantitative estimate of drug-likeness (QED) is 0.739. The molecule has 16 heavy (non-hydrogen) atoms. The van der Waals surface area contributed by atoms with E-state index in [4.69, 9.17) is 4.74 Å². The maximum Gasteiger partial charge on any atom is 0.310 e. The van der Waals surface area contributed by atoms with Gasteiger partial charge in [-0.05, 0) is 40.2 Å². The Morgan fingerprint density at radius 2 is 1.88 bits per heavy atom. The maximum atomic E-state index is 11.5. The van der Waals surface area contributed by atoms with Crippen LogP contribution in [0.4, 0.5) is 0 Å². The summed E-state index contributed by atoms with van der Waals surface area (Å²) in [5, 5.41) is 4.46. The molecule has 90 valence electrons. The molecule has 2 unspecified atom stereocenters. The molecule has 0 fully saturated rings. The van der Waals surface area contributed by atoms with Gasteiger partial charge >= 0.3 is 5.97 Å². The first-order valence-electron chi connectivity index (χ1n) is 5.50. The summed E-state index contributed by atoms with van der Waals surface area (Å²) in [5.74, 6) is -0.389. The number of rotatable bonds is 3. The maximum absolute atomic E-state index is 11.5. The van der Waals surface area contributed by atoms with Crippen LogP contribution in [0.25, 0.3) is 0 Å². The number of hydrogen-bond acceptors (Lipinski definition) is 3. The first-order valence-corrected chi connectivity index (χ1v) is 5.50. The number of carbonyl (C=O) groups excluding carboxylic acids is 1. The van der Waals surface area contributed by atoms with Gasteiger partial charge in [-0.2, -0.15) is 5.10 Å². The molecule has 1 aromatic heterocycles. The molecule has 1 aromatic rings. The summed E-state index contributed by atoms with van der Waals surface area (Å²) in [7, 11) is 1.41.